The molecule has 1 aromatic rings. The Morgan fingerprint density at radius 1 is 1.71 bits per heavy atom. The molecule has 0 saturated carbocycles. The highest BCUT2D eigenvalue weighted by Gasteiger charge is 2.20. The summed E-state index contributed by atoms with van der Waals surface area (Å²) in [6, 6.07) is 5.83. The van der Waals surface area contributed by atoms with Crippen molar-refractivity contribution in [3.05, 3.63) is 24.0 Å². The van der Waals surface area contributed by atoms with E-state index in [0.717, 1.165) is 17.9 Å². The molecule has 0 radical (unpaired) electrons. The highest BCUT2D eigenvalue weighted by atomic mass is 16.5. The molecule has 0 amide bonds. The van der Waals surface area contributed by atoms with Gasteiger partial charge in [-0.15, -0.1) is 0 Å². The number of hydrogen-bond donors (Lipinski definition) is 2. The van der Waals surface area contributed by atoms with Gasteiger partial charge < -0.3 is 10.2 Å². The first-order valence-electron chi connectivity index (χ1n) is 5.47. The van der Waals surface area contributed by atoms with E-state index in [1.165, 1.54) is 0 Å². The molecular weight excluding hydrogens is 218 g/mol. The molecule has 1 aliphatic rings. The van der Waals surface area contributed by atoms with Gasteiger partial charge in [0.05, 0.1) is 24.1 Å². The van der Waals surface area contributed by atoms with Crippen LogP contribution in [0, 0.1) is 11.3 Å². The Labute approximate surface area is 100.0 Å². The van der Waals surface area contributed by atoms with Crippen LogP contribution < -0.4 is 11.3 Å². The molecule has 0 aromatic carbocycles. The Bertz CT molecular complexity index is 417. The van der Waals surface area contributed by atoms with Crippen molar-refractivity contribution in [1.82, 2.24) is 9.88 Å². The van der Waals surface area contributed by atoms with E-state index in [0.29, 0.717) is 19.7 Å². The van der Waals surface area contributed by atoms with Gasteiger partial charge in [0.1, 0.15) is 0 Å². The first kappa shape index (κ1) is 11.8. The first-order chi connectivity index (χ1) is 8.31. The summed E-state index contributed by atoms with van der Waals surface area (Å²) in [4.78, 5) is 6.42. The maximum atomic E-state index is 8.81. The minimum Gasteiger partial charge on any atom is -0.361 e. The fraction of sp³-hybridized carbons (Fsp3) is 0.455. The number of nitriles is 1. The second-order valence-corrected chi connectivity index (χ2v) is 3.90. The maximum absolute atomic E-state index is 8.81. The van der Waals surface area contributed by atoms with Crippen molar-refractivity contribution in [3.8, 4) is 6.07 Å². The average Bonchev–Trinajstić information content (AvgIpc) is 2.39. The number of hydrazine groups is 1. The minimum absolute atomic E-state index is 0.334. The van der Waals surface area contributed by atoms with E-state index < -0.39 is 0 Å². The molecule has 1 fully saturated rings. The summed E-state index contributed by atoms with van der Waals surface area (Å²) in [5.74, 6) is 5.34. The zero-order valence-electron chi connectivity index (χ0n) is 9.47. The molecular formula is C11H15N5O. The van der Waals surface area contributed by atoms with Gasteiger partial charge >= 0.3 is 0 Å². The summed E-state index contributed by atoms with van der Waals surface area (Å²) >= 11 is 0. The Kier molecular flexibility index (Phi) is 3.88. The number of pyridine rings is 1. The molecule has 0 aliphatic carbocycles. The molecule has 1 saturated heterocycles. The molecule has 6 heteroatoms. The number of nitrogen functional groups attached to an aromatic ring is 1. The van der Waals surface area contributed by atoms with Gasteiger partial charge in [0.15, 0.2) is 6.10 Å². The van der Waals surface area contributed by atoms with E-state index in [2.05, 4.69) is 21.4 Å². The predicted molar refractivity (Wildman–Crippen MR) is 62.7 cm³/mol. The molecule has 2 rings (SSSR count). The summed E-state index contributed by atoms with van der Waals surface area (Å²) < 4.78 is 5.28. The summed E-state index contributed by atoms with van der Waals surface area (Å²) in [6.07, 6.45) is 1.38. The smallest absolute Gasteiger partial charge is 0.156 e. The molecule has 1 aromatic heterocycles. The van der Waals surface area contributed by atoms with Crippen LogP contribution in [0.4, 0.5) is 5.69 Å². The molecule has 3 N–H and O–H groups in total. The summed E-state index contributed by atoms with van der Waals surface area (Å²) in [5.41, 5.74) is 4.35. The van der Waals surface area contributed by atoms with E-state index in [1.807, 2.05) is 6.07 Å². The number of aromatic nitrogens is 1. The Morgan fingerprint density at radius 3 is 3.35 bits per heavy atom. The van der Waals surface area contributed by atoms with Gasteiger partial charge in [-0.25, -0.2) is 0 Å². The third kappa shape index (κ3) is 3.14. The summed E-state index contributed by atoms with van der Waals surface area (Å²) in [5, 5.41) is 8.81. The van der Waals surface area contributed by atoms with Crippen LogP contribution in [0.25, 0.3) is 0 Å². The Hall–Kier alpha value is -1.68. The lowest BCUT2D eigenvalue weighted by Crippen LogP contribution is -2.41. The van der Waals surface area contributed by atoms with Crippen molar-refractivity contribution in [3.63, 3.8) is 0 Å². The monoisotopic (exact) mass is 233 g/mol. The van der Waals surface area contributed by atoms with E-state index in [9.17, 15) is 0 Å². The van der Waals surface area contributed by atoms with Crippen molar-refractivity contribution in [1.29, 1.82) is 5.26 Å². The number of nitrogens with two attached hydrogens (primary N) is 1. The highest BCUT2D eigenvalue weighted by molar-refractivity contribution is 5.41. The van der Waals surface area contributed by atoms with Gasteiger partial charge in [0.25, 0.3) is 0 Å². The average molecular weight is 233 g/mol. The van der Waals surface area contributed by atoms with Crippen LogP contribution in [0.3, 0.4) is 0 Å². The number of ether oxygens (including phenoxy) is 1. The fourth-order valence-corrected chi connectivity index (χ4v) is 1.81. The quantitative estimate of drug-likeness (QED) is 0.568. The second kappa shape index (κ2) is 5.59. The van der Waals surface area contributed by atoms with Gasteiger partial charge in [-0.3, -0.25) is 15.7 Å². The fourth-order valence-electron chi connectivity index (χ4n) is 1.81. The maximum Gasteiger partial charge on any atom is 0.156 e. The molecule has 1 unspecified atom stereocenters. The minimum atomic E-state index is -0.334. The van der Waals surface area contributed by atoms with E-state index in [4.69, 9.17) is 15.8 Å². The van der Waals surface area contributed by atoms with Crippen LogP contribution in [0.5, 0.6) is 0 Å². The topological polar surface area (TPSA) is 87.2 Å². The lowest BCUT2D eigenvalue weighted by atomic mass is 10.2. The van der Waals surface area contributed by atoms with Crippen molar-refractivity contribution in [2.45, 2.75) is 12.6 Å². The van der Waals surface area contributed by atoms with Gasteiger partial charge in [-0.2, -0.15) is 5.26 Å². The van der Waals surface area contributed by atoms with Crippen LogP contribution in [0.2, 0.25) is 0 Å². The van der Waals surface area contributed by atoms with Gasteiger partial charge in [0.2, 0.25) is 0 Å². The van der Waals surface area contributed by atoms with Crippen LogP contribution in [-0.2, 0) is 11.3 Å². The Morgan fingerprint density at radius 2 is 2.59 bits per heavy atom. The van der Waals surface area contributed by atoms with E-state index in [1.54, 1.807) is 12.3 Å². The van der Waals surface area contributed by atoms with Gasteiger partial charge in [-0.05, 0) is 12.1 Å². The lowest BCUT2D eigenvalue weighted by molar-refractivity contribution is -0.00311. The van der Waals surface area contributed by atoms with Crippen LogP contribution in [0.15, 0.2) is 18.3 Å². The number of anilines is 1. The molecule has 17 heavy (non-hydrogen) atoms. The molecule has 0 bridgehead atoms. The summed E-state index contributed by atoms with van der Waals surface area (Å²) in [6.45, 7) is 2.74. The molecule has 1 atom stereocenters. The molecule has 90 valence electrons. The number of nitrogens with zero attached hydrogens (tertiary/aromatic N) is 3. The number of hydrogen-bond acceptors (Lipinski definition) is 6. The summed E-state index contributed by atoms with van der Waals surface area (Å²) in [7, 11) is 0. The predicted octanol–water partition coefficient (Wildman–Crippen LogP) is 0.0916. The number of nitrogens with one attached hydrogen (secondary N) is 1. The van der Waals surface area contributed by atoms with Crippen LogP contribution in [-0.4, -0.2) is 35.7 Å². The third-order valence-electron chi connectivity index (χ3n) is 2.66. The van der Waals surface area contributed by atoms with Gasteiger partial charge in [0, 0.05) is 25.8 Å². The normalized spacial score (nSPS) is 20.8. The largest absolute Gasteiger partial charge is 0.361 e. The Balaban J connectivity index is 1.98. The molecule has 1 aliphatic heterocycles. The standard InChI is InChI=1S/C11H15N5O/c12-6-11-8-16(3-4-17-11)7-10-5-9(15-13)1-2-14-10/h1-2,5,11H,3-4,7-8,13H2,(H,14,15). The lowest BCUT2D eigenvalue weighted by Gasteiger charge is -2.29. The van der Waals surface area contributed by atoms with Crippen molar-refractivity contribution < 1.29 is 4.74 Å². The number of morpholine rings is 1. The zero-order chi connectivity index (χ0) is 12.1. The van der Waals surface area contributed by atoms with Gasteiger partial charge in [-0.1, -0.05) is 0 Å². The second-order valence-electron chi connectivity index (χ2n) is 3.90. The molecule has 6 nitrogen and oxygen atoms in total. The van der Waals surface area contributed by atoms with E-state index in [-0.39, 0.29) is 6.10 Å². The molecule has 2 heterocycles. The van der Waals surface area contributed by atoms with E-state index >= 15 is 0 Å². The SMILES string of the molecule is N#CC1CN(Cc2cc(NN)ccn2)CCO1. The van der Waals surface area contributed by atoms with Crippen molar-refractivity contribution in [2.24, 2.45) is 5.84 Å². The van der Waals surface area contributed by atoms with Crippen LogP contribution in [0.1, 0.15) is 5.69 Å². The molecule has 0 spiro atoms. The first-order valence-corrected chi connectivity index (χ1v) is 5.47. The van der Waals surface area contributed by atoms with Crippen molar-refractivity contribution in [2.75, 3.05) is 25.1 Å². The third-order valence-corrected chi connectivity index (χ3v) is 2.66. The number of rotatable bonds is 3. The zero-order valence-corrected chi connectivity index (χ0v) is 9.47. The highest BCUT2D eigenvalue weighted by Crippen LogP contribution is 2.11. The van der Waals surface area contributed by atoms with Crippen LogP contribution >= 0.6 is 0 Å². The van der Waals surface area contributed by atoms with Crippen molar-refractivity contribution >= 4 is 5.69 Å².